The van der Waals surface area contributed by atoms with Gasteiger partial charge in [0.2, 0.25) is 5.75 Å². The first-order valence-corrected chi connectivity index (χ1v) is 7.68. The highest BCUT2D eigenvalue weighted by molar-refractivity contribution is 5.73. The summed E-state index contributed by atoms with van der Waals surface area (Å²) in [4.78, 5) is 12.1. The molecule has 0 saturated carbocycles. The molecule has 0 aliphatic rings. The molecule has 6 nitrogen and oxygen atoms in total. The average Bonchev–Trinajstić information content (AvgIpc) is 2.65. The maximum Gasteiger partial charge on any atom is 0.310 e. The highest BCUT2D eigenvalue weighted by Crippen LogP contribution is 2.38. The largest absolute Gasteiger partial charge is 0.497 e. The van der Waals surface area contributed by atoms with Gasteiger partial charge < -0.3 is 23.7 Å². The normalized spacial score (nSPS) is 10.1. The zero-order valence-corrected chi connectivity index (χ0v) is 14.8. The maximum atomic E-state index is 12.1. The molecule has 0 aliphatic carbocycles. The molecular formula is C19H22O6. The van der Waals surface area contributed by atoms with Crippen molar-refractivity contribution in [3.63, 3.8) is 0 Å². The number of rotatable bonds is 8. The topological polar surface area (TPSA) is 63.2 Å². The fraction of sp³-hybridized carbons (Fsp3) is 0.316. The molecule has 0 amide bonds. The first kappa shape index (κ1) is 18.4. The molecule has 134 valence electrons. The van der Waals surface area contributed by atoms with Gasteiger partial charge in [-0.1, -0.05) is 12.1 Å². The second-order valence-corrected chi connectivity index (χ2v) is 5.22. The van der Waals surface area contributed by atoms with Crippen LogP contribution in [0.2, 0.25) is 0 Å². The van der Waals surface area contributed by atoms with E-state index in [1.807, 2.05) is 24.3 Å². The van der Waals surface area contributed by atoms with Crippen LogP contribution in [-0.4, -0.2) is 34.4 Å². The van der Waals surface area contributed by atoms with E-state index in [2.05, 4.69) is 0 Å². The molecular weight excluding hydrogens is 324 g/mol. The summed E-state index contributed by atoms with van der Waals surface area (Å²) in [5.74, 6) is 1.90. The van der Waals surface area contributed by atoms with Crippen LogP contribution >= 0.6 is 0 Å². The van der Waals surface area contributed by atoms with Crippen molar-refractivity contribution in [3.05, 3.63) is 47.5 Å². The fourth-order valence-corrected chi connectivity index (χ4v) is 2.34. The van der Waals surface area contributed by atoms with Gasteiger partial charge in [-0.3, -0.25) is 4.79 Å². The lowest BCUT2D eigenvalue weighted by Gasteiger charge is -2.14. The Morgan fingerprint density at radius 2 is 1.40 bits per heavy atom. The summed E-state index contributed by atoms with van der Waals surface area (Å²) in [6, 6.07) is 10.8. The minimum Gasteiger partial charge on any atom is -0.497 e. The highest BCUT2D eigenvalue weighted by atomic mass is 16.5. The lowest BCUT2D eigenvalue weighted by atomic mass is 10.1. The smallest absolute Gasteiger partial charge is 0.310 e. The third-order valence-electron chi connectivity index (χ3n) is 3.63. The predicted molar refractivity (Wildman–Crippen MR) is 92.6 cm³/mol. The third-order valence-corrected chi connectivity index (χ3v) is 3.63. The average molecular weight is 346 g/mol. The Labute approximate surface area is 147 Å². The Hall–Kier alpha value is -2.89. The number of hydrogen-bond acceptors (Lipinski definition) is 6. The summed E-state index contributed by atoms with van der Waals surface area (Å²) in [5.41, 5.74) is 1.60. The molecule has 0 aliphatic heterocycles. The van der Waals surface area contributed by atoms with E-state index in [0.29, 0.717) is 22.8 Å². The molecule has 0 bridgehead atoms. The predicted octanol–water partition coefficient (Wildman–Crippen LogP) is 3.01. The molecule has 0 fully saturated rings. The van der Waals surface area contributed by atoms with Crippen molar-refractivity contribution < 1.29 is 28.5 Å². The Morgan fingerprint density at radius 3 is 1.88 bits per heavy atom. The minimum absolute atomic E-state index is 0.104. The van der Waals surface area contributed by atoms with Crippen molar-refractivity contribution in [1.29, 1.82) is 0 Å². The van der Waals surface area contributed by atoms with E-state index in [4.69, 9.17) is 23.7 Å². The zero-order chi connectivity index (χ0) is 18.2. The summed E-state index contributed by atoms with van der Waals surface area (Å²) in [6.45, 7) is 0.202. The van der Waals surface area contributed by atoms with Crippen LogP contribution in [0.15, 0.2) is 36.4 Å². The number of benzene rings is 2. The molecule has 0 saturated heterocycles. The molecule has 0 aromatic heterocycles. The van der Waals surface area contributed by atoms with Gasteiger partial charge in [0, 0.05) is 0 Å². The second-order valence-electron chi connectivity index (χ2n) is 5.22. The number of carbonyl (C=O) groups excluding carboxylic acids is 1. The maximum absolute atomic E-state index is 12.1. The van der Waals surface area contributed by atoms with E-state index >= 15 is 0 Å². The van der Waals surface area contributed by atoms with Crippen molar-refractivity contribution in [3.8, 4) is 23.0 Å². The first-order chi connectivity index (χ1) is 12.1. The van der Waals surface area contributed by atoms with Gasteiger partial charge in [-0.05, 0) is 35.4 Å². The Morgan fingerprint density at radius 1 is 0.800 bits per heavy atom. The molecule has 0 atom stereocenters. The summed E-state index contributed by atoms with van der Waals surface area (Å²) in [7, 11) is 6.20. The molecule has 2 rings (SSSR count). The van der Waals surface area contributed by atoms with Crippen molar-refractivity contribution in [2.75, 3.05) is 28.4 Å². The van der Waals surface area contributed by atoms with Crippen LogP contribution in [0.25, 0.3) is 0 Å². The zero-order valence-electron chi connectivity index (χ0n) is 14.8. The lowest BCUT2D eigenvalue weighted by molar-refractivity contribution is -0.144. The molecule has 6 heteroatoms. The molecule has 0 N–H and O–H groups in total. The lowest BCUT2D eigenvalue weighted by Crippen LogP contribution is -2.08. The molecule has 0 heterocycles. The van der Waals surface area contributed by atoms with Gasteiger partial charge >= 0.3 is 5.97 Å². The summed E-state index contributed by atoms with van der Waals surface area (Å²) >= 11 is 0. The van der Waals surface area contributed by atoms with Gasteiger partial charge in [-0.2, -0.15) is 0 Å². The van der Waals surface area contributed by atoms with Crippen molar-refractivity contribution >= 4 is 5.97 Å². The van der Waals surface area contributed by atoms with Gasteiger partial charge in [0.1, 0.15) is 12.4 Å². The highest BCUT2D eigenvalue weighted by Gasteiger charge is 2.15. The molecule has 0 radical (unpaired) electrons. The molecule has 25 heavy (non-hydrogen) atoms. The van der Waals surface area contributed by atoms with Crippen LogP contribution in [0.3, 0.4) is 0 Å². The molecule has 0 unspecified atom stereocenters. The minimum atomic E-state index is -0.343. The number of ether oxygens (including phenoxy) is 5. The van der Waals surface area contributed by atoms with Crippen LogP contribution in [0, 0.1) is 0 Å². The van der Waals surface area contributed by atoms with Crippen LogP contribution in [0.1, 0.15) is 11.1 Å². The number of carbonyl (C=O) groups is 1. The van der Waals surface area contributed by atoms with Crippen molar-refractivity contribution in [1.82, 2.24) is 0 Å². The Balaban J connectivity index is 2.01. The standard InChI is InChI=1S/C19H22O6/c1-21-15-7-5-13(6-8-15)12-25-18(20)11-14-9-16(22-2)19(24-4)17(10-14)23-3/h5-10H,11-12H2,1-4H3. The van der Waals surface area contributed by atoms with Gasteiger partial charge in [0.05, 0.1) is 34.9 Å². The van der Waals surface area contributed by atoms with Gasteiger partial charge in [0.15, 0.2) is 11.5 Å². The van der Waals surface area contributed by atoms with Gasteiger partial charge in [-0.25, -0.2) is 0 Å². The van der Waals surface area contributed by atoms with E-state index in [0.717, 1.165) is 11.3 Å². The Bertz CT molecular complexity index is 683. The number of esters is 1. The quantitative estimate of drug-likeness (QED) is 0.685. The SMILES string of the molecule is COc1ccc(COC(=O)Cc2cc(OC)c(OC)c(OC)c2)cc1. The fourth-order valence-electron chi connectivity index (χ4n) is 2.34. The van der Waals surface area contributed by atoms with Crippen LogP contribution in [0.5, 0.6) is 23.0 Å². The van der Waals surface area contributed by atoms with Crippen molar-refractivity contribution in [2.45, 2.75) is 13.0 Å². The van der Waals surface area contributed by atoms with E-state index in [9.17, 15) is 4.79 Å². The second kappa shape index (κ2) is 8.82. The summed E-state index contributed by atoms with van der Waals surface area (Å²) in [5, 5.41) is 0. The number of methoxy groups -OCH3 is 4. The molecule has 0 spiro atoms. The van der Waals surface area contributed by atoms with Crippen LogP contribution in [0.4, 0.5) is 0 Å². The van der Waals surface area contributed by atoms with E-state index in [1.165, 1.54) is 21.3 Å². The van der Waals surface area contributed by atoms with Crippen LogP contribution in [-0.2, 0) is 22.6 Å². The molecule has 2 aromatic carbocycles. The third kappa shape index (κ3) is 4.79. The molecule has 2 aromatic rings. The van der Waals surface area contributed by atoms with E-state index < -0.39 is 0 Å². The van der Waals surface area contributed by atoms with E-state index in [-0.39, 0.29) is 19.0 Å². The summed E-state index contributed by atoms with van der Waals surface area (Å²) < 4.78 is 26.2. The van der Waals surface area contributed by atoms with E-state index in [1.54, 1.807) is 19.2 Å². The van der Waals surface area contributed by atoms with Crippen LogP contribution < -0.4 is 18.9 Å². The first-order valence-electron chi connectivity index (χ1n) is 7.68. The van der Waals surface area contributed by atoms with Gasteiger partial charge in [0.25, 0.3) is 0 Å². The van der Waals surface area contributed by atoms with Crippen molar-refractivity contribution in [2.24, 2.45) is 0 Å². The monoisotopic (exact) mass is 346 g/mol. The van der Waals surface area contributed by atoms with Gasteiger partial charge in [-0.15, -0.1) is 0 Å². The summed E-state index contributed by atoms with van der Waals surface area (Å²) in [6.07, 6.45) is 0.104. The number of hydrogen-bond donors (Lipinski definition) is 0. The Kier molecular flexibility index (Phi) is 6.51.